The number of hydrogen-bond acceptors (Lipinski definition) is 4. The van der Waals surface area contributed by atoms with Gasteiger partial charge in [-0.2, -0.15) is 0 Å². The van der Waals surface area contributed by atoms with Crippen LogP contribution in [0.1, 0.15) is 12.5 Å². The lowest BCUT2D eigenvalue weighted by Crippen LogP contribution is -2.34. The van der Waals surface area contributed by atoms with Gasteiger partial charge in [0.1, 0.15) is 11.8 Å². The van der Waals surface area contributed by atoms with Gasteiger partial charge in [0.2, 0.25) is 0 Å². The van der Waals surface area contributed by atoms with E-state index in [0.29, 0.717) is 13.0 Å². The van der Waals surface area contributed by atoms with Crippen molar-refractivity contribution in [2.45, 2.75) is 19.4 Å². The van der Waals surface area contributed by atoms with Crippen LogP contribution in [0.4, 0.5) is 0 Å². The Morgan fingerprint density at radius 1 is 1.44 bits per heavy atom. The van der Waals surface area contributed by atoms with Crippen LogP contribution < -0.4 is 5.73 Å². The highest BCUT2D eigenvalue weighted by molar-refractivity contribution is 5.85. The largest absolute Gasteiger partial charge is 0.508 e. The SMILES string of the molecule is CCOC(=O)[C@H](N)Cc1ccc(O)cc1.Cl. The molecule has 0 fully saturated rings. The third-order valence-corrected chi connectivity index (χ3v) is 1.98. The summed E-state index contributed by atoms with van der Waals surface area (Å²) in [4.78, 5) is 11.2. The van der Waals surface area contributed by atoms with Crippen molar-refractivity contribution in [3.63, 3.8) is 0 Å². The molecule has 5 heteroatoms. The van der Waals surface area contributed by atoms with E-state index < -0.39 is 12.0 Å². The maximum absolute atomic E-state index is 11.2. The molecule has 1 rings (SSSR count). The molecule has 1 aromatic rings. The van der Waals surface area contributed by atoms with Crippen molar-refractivity contribution >= 4 is 18.4 Å². The summed E-state index contributed by atoms with van der Waals surface area (Å²) in [5.41, 5.74) is 6.53. The summed E-state index contributed by atoms with van der Waals surface area (Å²) in [6.45, 7) is 2.08. The van der Waals surface area contributed by atoms with Gasteiger partial charge in [-0.05, 0) is 31.0 Å². The number of phenolic OH excluding ortho intramolecular Hbond substituents is 1. The molecular weight excluding hydrogens is 230 g/mol. The number of esters is 1. The predicted octanol–water partition coefficient (Wildman–Crippen LogP) is 1.25. The molecule has 0 saturated carbocycles. The van der Waals surface area contributed by atoms with Crippen LogP contribution in [0.2, 0.25) is 0 Å². The molecule has 4 nitrogen and oxygen atoms in total. The van der Waals surface area contributed by atoms with Crippen molar-refractivity contribution in [3.05, 3.63) is 29.8 Å². The number of carbonyl (C=O) groups is 1. The normalized spacial score (nSPS) is 11.4. The molecule has 0 amide bonds. The van der Waals surface area contributed by atoms with Gasteiger partial charge >= 0.3 is 5.97 Å². The number of aromatic hydroxyl groups is 1. The van der Waals surface area contributed by atoms with Crippen molar-refractivity contribution < 1.29 is 14.6 Å². The number of benzene rings is 1. The van der Waals surface area contributed by atoms with Gasteiger partial charge in [-0.25, -0.2) is 0 Å². The van der Waals surface area contributed by atoms with Crippen LogP contribution in [0, 0.1) is 0 Å². The maximum Gasteiger partial charge on any atom is 0.323 e. The summed E-state index contributed by atoms with van der Waals surface area (Å²) < 4.78 is 4.79. The second kappa shape index (κ2) is 7.09. The van der Waals surface area contributed by atoms with E-state index in [2.05, 4.69) is 0 Å². The molecule has 1 atom stereocenters. The number of hydrogen-bond donors (Lipinski definition) is 2. The first kappa shape index (κ1) is 14.7. The number of carbonyl (C=O) groups excluding carboxylic acids is 1. The van der Waals surface area contributed by atoms with Gasteiger partial charge in [0.15, 0.2) is 0 Å². The van der Waals surface area contributed by atoms with Crippen LogP contribution in [-0.2, 0) is 16.0 Å². The minimum Gasteiger partial charge on any atom is -0.508 e. The predicted molar refractivity (Wildman–Crippen MR) is 63.7 cm³/mol. The Balaban J connectivity index is 0.00000225. The monoisotopic (exact) mass is 245 g/mol. The van der Waals surface area contributed by atoms with Crippen LogP contribution in [0.25, 0.3) is 0 Å². The number of halogens is 1. The summed E-state index contributed by atoms with van der Waals surface area (Å²) in [5, 5.41) is 9.06. The first-order chi connectivity index (χ1) is 7.13. The van der Waals surface area contributed by atoms with Gasteiger partial charge in [0.25, 0.3) is 0 Å². The molecule has 90 valence electrons. The highest BCUT2D eigenvalue weighted by Gasteiger charge is 2.14. The summed E-state index contributed by atoms with van der Waals surface area (Å²) in [6.07, 6.45) is 0.416. The standard InChI is InChI=1S/C11H15NO3.ClH/c1-2-15-11(14)10(12)7-8-3-5-9(13)6-4-8;/h3-6,10,13H,2,7,12H2,1H3;1H/t10-;/m1./s1. The molecule has 0 radical (unpaired) electrons. The van der Waals surface area contributed by atoms with E-state index in [1.807, 2.05) is 0 Å². The van der Waals surface area contributed by atoms with Crippen molar-refractivity contribution in [1.29, 1.82) is 0 Å². The Hall–Kier alpha value is -1.26. The molecule has 0 aliphatic carbocycles. The first-order valence-corrected chi connectivity index (χ1v) is 4.83. The summed E-state index contributed by atoms with van der Waals surface area (Å²) in [7, 11) is 0. The Morgan fingerprint density at radius 2 is 2.00 bits per heavy atom. The van der Waals surface area contributed by atoms with E-state index in [4.69, 9.17) is 15.6 Å². The molecular formula is C11H16ClNO3. The smallest absolute Gasteiger partial charge is 0.323 e. The van der Waals surface area contributed by atoms with Gasteiger partial charge < -0.3 is 15.6 Å². The molecule has 0 unspecified atom stereocenters. The van der Waals surface area contributed by atoms with Crippen molar-refractivity contribution in [1.82, 2.24) is 0 Å². The summed E-state index contributed by atoms with van der Waals surface area (Å²) in [6, 6.07) is 5.94. The molecule has 1 aromatic carbocycles. The van der Waals surface area contributed by atoms with E-state index in [0.717, 1.165) is 5.56 Å². The lowest BCUT2D eigenvalue weighted by Gasteiger charge is -2.10. The molecule has 0 bridgehead atoms. The lowest BCUT2D eigenvalue weighted by molar-refractivity contribution is -0.144. The van der Waals surface area contributed by atoms with Crippen LogP contribution in [-0.4, -0.2) is 23.7 Å². The molecule has 0 aromatic heterocycles. The fourth-order valence-electron chi connectivity index (χ4n) is 1.22. The molecule has 0 heterocycles. The molecule has 0 aliphatic rings. The third-order valence-electron chi connectivity index (χ3n) is 1.98. The summed E-state index contributed by atoms with van der Waals surface area (Å²) >= 11 is 0. The van der Waals surface area contributed by atoms with Gasteiger partial charge in [-0.15, -0.1) is 12.4 Å². The van der Waals surface area contributed by atoms with Crippen molar-refractivity contribution in [2.24, 2.45) is 5.73 Å². The third kappa shape index (κ3) is 4.51. The number of rotatable bonds is 4. The fraction of sp³-hybridized carbons (Fsp3) is 0.364. The minimum atomic E-state index is -0.644. The Labute approximate surface area is 101 Å². The lowest BCUT2D eigenvalue weighted by atomic mass is 10.1. The van der Waals surface area contributed by atoms with E-state index in [-0.39, 0.29) is 18.2 Å². The zero-order valence-corrected chi connectivity index (χ0v) is 9.87. The number of nitrogens with two attached hydrogens (primary N) is 1. The van der Waals surface area contributed by atoms with E-state index >= 15 is 0 Å². The van der Waals surface area contributed by atoms with E-state index in [1.165, 1.54) is 0 Å². The van der Waals surface area contributed by atoms with Crippen molar-refractivity contribution in [3.8, 4) is 5.75 Å². The summed E-state index contributed by atoms with van der Waals surface area (Å²) in [5.74, 6) is -0.200. The highest BCUT2D eigenvalue weighted by Crippen LogP contribution is 2.11. The van der Waals surface area contributed by atoms with E-state index in [1.54, 1.807) is 31.2 Å². The highest BCUT2D eigenvalue weighted by atomic mass is 35.5. The quantitative estimate of drug-likeness (QED) is 0.783. The molecule has 16 heavy (non-hydrogen) atoms. The molecule has 0 spiro atoms. The van der Waals surface area contributed by atoms with Gasteiger partial charge in [0, 0.05) is 0 Å². The average Bonchev–Trinajstić information content (AvgIpc) is 2.22. The zero-order chi connectivity index (χ0) is 11.3. The molecule has 0 saturated heterocycles. The number of phenols is 1. The van der Waals surface area contributed by atoms with Crippen LogP contribution in [0.15, 0.2) is 24.3 Å². The second-order valence-corrected chi connectivity index (χ2v) is 3.23. The van der Waals surface area contributed by atoms with Gasteiger partial charge in [-0.3, -0.25) is 4.79 Å². The molecule has 0 aliphatic heterocycles. The Bertz CT molecular complexity index is 327. The van der Waals surface area contributed by atoms with Crippen molar-refractivity contribution in [2.75, 3.05) is 6.61 Å². The second-order valence-electron chi connectivity index (χ2n) is 3.23. The first-order valence-electron chi connectivity index (χ1n) is 4.83. The molecule has 3 N–H and O–H groups in total. The number of ether oxygens (including phenoxy) is 1. The van der Waals surface area contributed by atoms with Crippen LogP contribution >= 0.6 is 12.4 Å². The minimum absolute atomic E-state index is 0. The zero-order valence-electron chi connectivity index (χ0n) is 9.05. The van der Waals surface area contributed by atoms with Gasteiger partial charge in [0.05, 0.1) is 6.61 Å². The van der Waals surface area contributed by atoms with Crippen LogP contribution in [0.5, 0.6) is 5.75 Å². The Morgan fingerprint density at radius 3 is 2.50 bits per heavy atom. The maximum atomic E-state index is 11.2. The average molecular weight is 246 g/mol. The van der Waals surface area contributed by atoms with Crippen LogP contribution in [0.3, 0.4) is 0 Å². The van der Waals surface area contributed by atoms with E-state index in [9.17, 15) is 4.79 Å². The fourth-order valence-corrected chi connectivity index (χ4v) is 1.22. The van der Waals surface area contributed by atoms with Gasteiger partial charge in [-0.1, -0.05) is 12.1 Å². The Kier molecular flexibility index (Phi) is 6.53. The topological polar surface area (TPSA) is 72.5 Å².